The van der Waals surface area contributed by atoms with E-state index in [4.69, 9.17) is 4.74 Å². The molecule has 0 aliphatic carbocycles. The van der Waals surface area contributed by atoms with Crippen molar-refractivity contribution in [1.82, 2.24) is 15.1 Å². The molecule has 2 fully saturated rings. The van der Waals surface area contributed by atoms with Crippen molar-refractivity contribution in [1.29, 1.82) is 0 Å². The lowest BCUT2D eigenvalue weighted by atomic mass is 10.1. The maximum absolute atomic E-state index is 12.3. The summed E-state index contributed by atoms with van der Waals surface area (Å²) in [6, 6.07) is 8.58. The van der Waals surface area contributed by atoms with Gasteiger partial charge in [0.2, 0.25) is 5.91 Å². The summed E-state index contributed by atoms with van der Waals surface area (Å²) in [5.74, 6) is 0.273. The molecular weight excluding hydrogens is 316 g/mol. The molecule has 0 spiro atoms. The van der Waals surface area contributed by atoms with Crippen LogP contribution in [0, 0.1) is 0 Å². The molecule has 1 aromatic carbocycles. The molecule has 1 N–H and O–H groups in total. The SMILES string of the molecule is CN(CCC(=O)N1CCNCC1)Cc1ccccc1N1CCOCC1. The van der Waals surface area contributed by atoms with Crippen LogP contribution in [0.25, 0.3) is 0 Å². The summed E-state index contributed by atoms with van der Waals surface area (Å²) in [6.07, 6.45) is 0.593. The van der Waals surface area contributed by atoms with Gasteiger partial charge in [-0.25, -0.2) is 0 Å². The molecule has 1 amide bonds. The van der Waals surface area contributed by atoms with Crippen molar-refractivity contribution in [2.24, 2.45) is 0 Å². The summed E-state index contributed by atoms with van der Waals surface area (Å²) >= 11 is 0. The van der Waals surface area contributed by atoms with E-state index in [0.29, 0.717) is 6.42 Å². The molecule has 2 heterocycles. The fraction of sp³-hybridized carbons (Fsp3) is 0.632. The quantitative estimate of drug-likeness (QED) is 0.825. The van der Waals surface area contributed by atoms with Gasteiger partial charge in [-0.1, -0.05) is 18.2 Å². The Hall–Kier alpha value is -1.63. The van der Waals surface area contributed by atoms with Crippen LogP contribution in [-0.4, -0.2) is 81.8 Å². The largest absolute Gasteiger partial charge is 0.378 e. The van der Waals surface area contributed by atoms with Gasteiger partial charge in [-0.3, -0.25) is 4.79 Å². The van der Waals surface area contributed by atoms with Crippen molar-refractivity contribution in [3.8, 4) is 0 Å². The number of rotatable bonds is 6. The van der Waals surface area contributed by atoms with Crippen molar-refractivity contribution < 1.29 is 9.53 Å². The zero-order valence-corrected chi connectivity index (χ0v) is 15.2. The van der Waals surface area contributed by atoms with Gasteiger partial charge in [0.25, 0.3) is 0 Å². The number of carbonyl (C=O) groups is 1. The van der Waals surface area contributed by atoms with Gasteiger partial charge in [0, 0.05) is 64.5 Å². The van der Waals surface area contributed by atoms with Gasteiger partial charge < -0.3 is 24.8 Å². The highest BCUT2D eigenvalue weighted by atomic mass is 16.5. The minimum absolute atomic E-state index is 0.273. The van der Waals surface area contributed by atoms with Crippen LogP contribution in [0.4, 0.5) is 5.69 Å². The molecule has 25 heavy (non-hydrogen) atoms. The van der Waals surface area contributed by atoms with Crippen LogP contribution in [-0.2, 0) is 16.1 Å². The summed E-state index contributed by atoms with van der Waals surface area (Å²) in [5.41, 5.74) is 2.62. The number of amides is 1. The number of hydrogen-bond acceptors (Lipinski definition) is 5. The summed E-state index contributed by atoms with van der Waals surface area (Å²) in [6.45, 7) is 8.63. The van der Waals surface area contributed by atoms with Crippen molar-refractivity contribution in [2.45, 2.75) is 13.0 Å². The molecule has 0 radical (unpaired) electrons. The lowest BCUT2D eigenvalue weighted by Crippen LogP contribution is -2.47. The molecule has 6 heteroatoms. The lowest BCUT2D eigenvalue weighted by molar-refractivity contribution is -0.132. The average Bonchev–Trinajstić information content (AvgIpc) is 2.68. The monoisotopic (exact) mass is 346 g/mol. The third-order valence-corrected chi connectivity index (χ3v) is 4.96. The number of ether oxygens (including phenoxy) is 1. The van der Waals surface area contributed by atoms with Gasteiger partial charge >= 0.3 is 0 Å². The lowest BCUT2D eigenvalue weighted by Gasteiger charge is -2.31. The van der Waals surface area contributed by atoms with Gasteiger partial charge in [-0.15, -0.1) is 0 Å². The van der Waals surface area contributed by atoms with E-state index in [2.05, 4.69) is 46.4 Å². The van der Waals surface area contributed by atoms with E-state index in [1.165, 1.54) is 11.3 Å². The Morgan fingerprint density at radius 3 is 2.64 bits per heavy atom. The molecule has 138 valence electrons. The molecule has 2 saturated heterocycles. The normalized spacial score (nSPS) is 18.6. The first-order valence-corrected chi connectivity index (χ1v) is 9.31. The molecule has 0 bridgehead atoms. The maximum Gasteiger partial charge on any atom is 0.223 e. The standard InChI is InChI=1S/C19H30N4O2/c1-21(9-6-19(24)23-10-7-20-8-11-23)16-17-4-2-3-5-18(17)22-12-14-25-15-13-22/h2-5,20H,6-16H2,1H3. The predicted octanol–water partition coefficient (Wildman–Crippen LogP) is 0.777. The van der Waals surface area contributed by atoms with Crippen LogP contribution in [0.1, 0.15) is 12.0 Å². The Bertz CT molecular complexity index is 554. The zero-order valence-electron chi connectivity index (χ0n) is 15.2. The molecular formula is C19H30N4O2. The van der Waals surface area contributed by atoms with E-state index in [0.717, 1.165) is 65.6 Å². The second-order valence-electron chi connectivity index (χ2n) is 6.85. The second kappa shape index (κ2) is 9.17. The number of para-hydroxylation sites is 1. The van der Waals surface area contributed by atoms with Gasteiger partial charge in [0.1, 0.15) is 0 Å². The number of benzene rings is 1. The van der Waals surface area contributed by atoms with Crippen molar-refractivity contribution in [2.75, 3.05) is 71.0 Å². The summed E-state index contributed by atoms with van der Waals surface area (Å²) < 4.78 is 5.47. The van der Waals surface area contributed by atoms with E-state index < -0.39 is 0 Å². The first-order valence-electron chi connectivity index (χ1n) is 9.31. The highest BCUT2D eigenvalue weighted by molar-refractivity contribution is 5.76. The Morgan fingerprint density at radius 2 is 1.88 bits per heavy atom. The second-order valence-corrected chi connectivity index (χ2v) is 6.85. The highest BCUT2D eigenvalue weighted by Crippen LogP contribution is 2.22. The number of anilines is 1. The van der Waals surface area contributed by atoms with E-state index in [9.17, 15) is 4.79 Å². The fourth-order valence-corrected chi connectivity index (χ4v) is 3.49. The third-order valence-electron chi connectivity index (χ3n) is 4.96. The number of hydrogen-bond donors (Lipinski definition) is 1. The minimum Gasteiger partial charge on any atom is -0.378 e. The summed E-state index contributed by atoms with van der Waals surface area (Å²) in [7, 11) is 2.10. The summed E-state index contributed by atoms with van der Waals surface area (Å²) in [4.78, 5) is 18.9. The summed E-state index contributed by atoms with van der Waals surface area (Å²) in [5, 5.41) is 3.29. The predicted molar refractivity (Wildman–Crippen MR) is 99.9 cm³/mol. The van der Waals surface area contributed by atoms with Gasteiger partial charge in [-0.2, -0.15) is 0 Å². The number of nitrogens with zero attached hydrogens (tertiary/aromatic N) is 3. The van der Waals surface area contributed by atoms with Crippen molar-refractivity contribution >= 4 is 11.6 Å². The zero-order chi connectivity index (χ0) is 17.5. The Labute approximate surface area is 150 Å². The van der Waals surface area contributed by atoms with Crippen molar-refractivity contribution in [3.63, 3.8) is 0 Å². The van der Waals surface area contributed by atoms with Crippen LogP contribution in [0.3, 0.4) is 0 Å². The van der Waals surface area contributed by atoms with Crippen LogP contribution < -0.4 is 10.2 Å². The number of morpholine rings is 1. The Kier molecular flexibility index (Phi) is 6.67. The van der Waals surface area contributed by atoms with Gasteiger partial charge in [-0.05, 0) is 18.7 Å². The first-order chi connectivity index (χ1) is 12.2. The smallest absolute Gasteiger partial charge is 0.223 e. The minimum atomic E-state index is 0.273. The van der Waals surface area contributed by atoms with E-state index in [1.807, 2.05) is 4.90 Å². The van der Waals surface area contributed by atoms with Crippen LogP contribution in [0.5, 0.6) is 0 Å². The molecule has 0 aromatic heterocycles. The maximum atomic E-state index is 12.3. The molecule has 0 unspecified atom stereocenters. The highest BCUT2D eigenvalue weighted by Gasteiger charge is 2.18. The number of carbonyl (C=O) groups excluding carboxylic acids is 1. The van der Waals surface area contributed by atoms with Gasteiger partial charge in [0.15, 0.2) is 0 Å². The molecule has 1 aromatic rings. The topological polar surface area (TPSA) is 48.1 Å². The molecule has 2 aliphatic rings. The number of piperazine rings is 1. The van der Waals surface area contributed by atoms with E-state index in [1.54, 1.807) is 0 Å². The third kappa shape index (κ3) is 5.17. The van der Waals surface area contributed by atoms with Crippen LogP contribution in [0.15, 0.2) is 24.3 Å². The van der Waals surface area contributed by atoms with Gasteiger partial charge in [0.05, 0.1) is 13.2 Å². The number of nitrogens with one attached hydrogen (secondary N) is 1. The molecule has 6 nitrogen and oxygen atoms in total. The van der Waals surface area contributed by atoms with Crippen molar-refractivity contribution in [3.05, 3.63) is 29.8 Å². The molecule has 2 aliphatic heterocycles. The Morgan fingerprint density at radius 1 is 1.16 bits per heavy atom. The van der Waals surface area contributed by atoms with E-state index in [-0.39, 0.29) is 5.91 Å². The molecule has 3 rings (SSSR count). The first kappa shape index (κ1) is 18.2. The molecule has 0 saturated carbocycles. The van der Waals surface area contributed by atoms with Crippen LogP contribution >= 0.6 is 0 Å². The van der Waals surface area contributed by atoms with E-state index >= 15 is 0 Å². The molecule has 0 atom stereocenters. The average molecular weight is 346 g/mol. The van der Waals surface area contributed by atoms with Crippen LogP contribution in [0.2, 0.25) is 0 Å². The Balaban J connectivity index is 1.52. The fourth-order valence-electron chi connectivity index (χ4n) is 3.49.